The molecular weight excluding hydrogens is 172 g/mol. The van der Waals surface area contributed by atoms with Gasteiger partial charge in [-0.15, -0.1) is 6.58 Å². The highest BCUT2D eigenvalue weighted by Crippen LogP contribution is 2.37. The second-order valence-electron chi connectivity index (χ2n) is 4.46. The Labute approximate surface area is 86.2 Å². The summed E-state index contributed by atoms with van der Waals surface area (Å²) < 4.78 is 0. The third-order valence-electron chi connectivity index (χ3n) is 2.68. The highest BCUT2D eigenvalue weighted by molar-refractivity contribution is 5.98. The first-order valence-electron chi connectivity index (χ1n) is 5.01. The molecule has 1 heteroatoms. The van der Waals surface area contributed by atoms with Crippen LogP contribution in [0.15, 0.2) is 36.0 Å². The summed E-state index contributed by atoms with van der Waals surface area (Å²) in [6.07, 6.45) is 7.26. The summed E-state index contributed by atoms with van der Waals surface area (Å²) in [5.74, 6) is 0.215. The van der Waals surface area contributed by atoms with Gasteiger partial charge in [-0.1, -0.05) is 32.1 Å². The van der Waals surface area contributed by atoms with Gasteiger partial charge in [0.25, 0.3) is 0 Å². The van der Waals surface area contributed by atoms with Crippen molar-refractivity contribution in [3.8, 4) is 0 Å². The Morgan fingerprint density at radius 3 is 2.79 bits per heavy atom. The van der Waals surface area contributed by atoms with Gasteiger partial charge in [-0.25, -0.2) is 0 Å². The van der Waals surface area contributed by atoms with Gasteiger partial charge in [0.1, 0.15) is 0 Å². The molecule has 0 heterocycles. The van der Waals surface area contributed by atoms with E-state index < -0.39 is 0 Å². The molecule has 0 radical (unpaired) electrons. The summed E-state index contributed by atoms with van der Waals surface area (Å²) in [6.45, 7) is 9.86. The van der Waals surface area contributed by atoms with Gasteiger partial charge in [0.2, 0.25) is 0 Å². The fourth-order valence-corrected chi connectivity index (χ4v) is 2.08. The van der Waals surface area contributed by atoms with Gasteiger partial charge in [-0.2, -0.15) is 0 Å². The Morgan fingerprint density at radius 1 is 1.64 bits per heavy atom. The van der Waals surface area contributed by atoms with Crippen LogP contribution in [0.2, 0.25) is 0 Å². The van der Waals surface area contributed by atoms with Crippen LogP contribution in [0.5, 0.6) is 0 Å². The topological polar surface area (TPSA) is 17.1 Å². The van der Waals surface area contributed by atoms with Crippen molar-refractivity contribution in [1.29, 1.82) is 0 Å². The van der Waals surface area contributed by atoms with E-state index in [1.54, 1.807) is 6.08 Å². The zero-order valence-corrected chi connectivity index (χ0v) is 9.26. The van der Waals surface area contributed by atoms with Crippen LogP contribution >= 0.6 is 0 Å². The summed E-state index contributed by atoms with van der Waals surface area (Å²) in [5.41, 5.74) is 2.06. The lowest BCUT2D eigenvalue weighted by atomic mass is 9.73. The second kappa shape index (κ2) is 3.95. The van der Waals surface area contributed by atoms with Gasteiger partial charge in [-0.3, -0.25) is 4.79 Å². The summed E-state index contributed by atoms with van der Waals surface area (Å²) in [4.78, 5) is 11.9. The SMILES string of the molecule is C=CCC(=O)C1=C(C)C=CCC1(C)C. The maximum atomic E-state index is 11.9. The van der Waals surface area contributed by atoms with Gasteiger partial charge in [0.15, 0.2) is 5.78 Å². The molecule has 0 aromatic rings. The summed E-state index contributed by atoms with van der Waals surface area (Å²) in [5, 5.41) is 0. The molecule has 0 unspecified atom stereocenters. The van der Waals surface area contributed by atoms with E-state index in [1.807, 2.05) is 13.0 Å². The van der Waals surface area contributed by atoms with Gasteiger partial charge in [0.05, 0.1) is 0 Å². The average molecular weight is 190 g/mol. The number of Topliss-reactive ketones (excluding diaryl/α,β-unsaturated/α-hetero) is 1. The minimum absolute atomic E-state index is 0.0150. The van der Waals surface area contributed by atoms with Crippen LogP contribution in [-0.4, -0.2) is 5.78 Å². The fourth-order valence-electron chi connectivity index (χ4n) is 2.08. The molecule has 76 valence electrons. The van der Waals surface area contributed by atoms with Gasteiger partial charge >= 0.3 is 0 Å². The van der Waals surface area contributed by atoms with E-state index in [4.69, 9.17) is 0 Å². The number of rotatable bonds is 3. The van der Waals surface area contributed by atoms with E-state index >= 15 is 0 Å². The number of hydrogen-bond acceptors (Lipinski definition) is 1. The zero-order chi connectivity index (χ0) is 10.8. The molecule has 0 saturated carbocycles. The van der Waals surface area contributed by atoms with Crippen molar-refractivity contribution < 1.29 is 4.79 Å². The minimum atomic E-state index is -0.0150. The van der Waals surface area contributed by atoms with Crippen molar-refractivity contribution in [1.82, 2.24) is 0 Å². The van der Waals surface area contributed by atoms with Crippen LogP contribution in [0, 0.1) is 5.41 Å². The smallest absolute Gasteiger partial charge is 0.163 e. The van der Waals surface area contributed by atoms with Crippen molar-refractivity contribution in [3.05, 3.63) is 36.0 Å². The van der Waals surface area contributed by atoms with Crippen molar-refractivity contribution in [2.24, 2.45) is 5.41 Å². The van der Waals surface area contributed by atoms with E-state index in [2.05, 4.69) is 26.5 Å². The van der Waals surface area contributed by atoms with Crippen LogP contribution in [-0.2, 0) is 4.79 Å². The first-order chi connectivity index (χ1) is 6.49. The Morgan fingerprint density at radius 2 is 2.29 bits per heavy atom. The maximum absolute atomic E-state index is 11.9. The van der Waals surface area contributed by atoms with E-state index in [0.29, 0.717) is 6.42 Å². The predicted molar refractivity (Wildman–Crippen MR) is 60.1 cm³/mol. The standard InChI is InChI=1S/C13H18O/c1-5-7-11(14)12-10(2)8-6-9-13(12,3)4/h5-6,8H,1,7,9H2,2-4H3. The quantitative estimate of drug-likeness (QED) is 0.623. The van der Waals surface area contributed by atoms with Crippen molar-refractivity contribution >= 4 is 5.78 Å². The molecule has 1 aliphatic rings. The second-order valence-corrected chi connectivity index (χ2v) is 4.46. The Balaban J connectivity index is 3.07. The molecule has 1 rings (SSSR count). The van der Waals surface area contributed by atoms with Crippen LogP contribution in [0.25, 0.3) is 0 Å². The van der Waals surface area contributed by atoms with Crippen molar-refractivity contribution in [2.45, 2.75) is 33.6 Å². The minimum Gasteiger partial charge on any atom is -0.294 e. The normalized spacial score (nSPS) is 19.6. The van der Waals surface area contributed by atoms with E-state index in [-0.39, 0.29) is 11.2 Å². The molecule has 0 fully saturated rings. The summed E-state index contributed by atoms with van der Waals surface area (Å²) >= 11 is 0. The highest BCUT2D eigenvalue weighted by Gasteiger charge is 2.29. The van der Waals surface area contributed by atoms with Gasteiger partial charge in [-0.05, 0) is 24.3 Å². The molecule has 1 nitrogen and oxygen atoms in total. The molecule has 0 aromatic carbocycles. The van der Waals surface area contributed by atoms with Crippen molar-refractivity contribution in [3.63, 3.8) is 0 Å². The third-order valence-corrected chi connectivity index (χ3v) is 2.68. The largest absolute Gasteiger partial charge is 0.294 e. The molecule has 0 spiro atoms. The first-order valence-corrected chi connectivity index (χ1v) is 5.01. The van der Waals surface area contributed by atoms with Gasteiger partial charge < -0.3 is 0 Å². The molecule has 1 aliphatic carbocycles. The van der Waals surface area contributed by atoms with Crippen molar-refractivity contribution in [2.75, 3.05) is 0 Å². The molecule has 0 saturated heterocycles. The number of allylic oxidation sites excluding steroid dienone is 5. The lowest BCUT2D eigenvalue weighted by Crippen LogP contribution is -2.23. The molecule has 0 aromatic heterocycles. The Hall–Kier alpha value is -1.11. The van der Waals surface area contributed by atoms with Gasteiger partial charge in [0, 0.05) is 12.0 Å². The number of ketones is 1. The van der Waals surface area contributed by atoms with Crippen LogP contribution in [0.1, 0.15) is 33.6 Å². The van der Waals surface area contributed by atoms with E-state index in [9.17, 15) is 4.79 Å². The number of carbonyl (C=O) groups excluding carboxylic acids is 1. The van der Waals surface area contributed by atoms with E-state index in [0.717, 1.165) is 17.6 Å². The summed E-state index contributed by atoms with van der Waals surface area (Å²) in [6, 6.07) is 0. The molecule has 0 bridgehead atoms. The monoisotopic (exact) mass is 190 g/mol. The van der Waals surface area contributed by atoms with Crippen LogP contribution in [0.4, 0.5) is 0 Å². The van der Waals surface area contributed by atoms with Crippen LogP contribution in [0.3, 0.4) is 0 Å². The fraction of sp³-hybridized carbons (Fsp3) is 0.462. The number of hydrogen-bond donors (Lipinski definition) is 0. The van der Waals surface area contributed by atoms with Crippen LogP contribution < -0.4 is 0 Å². The molecule has 0 N–H and O–H groups in total. The Kier molecular flexibility index (Phi) is 3.10. The highest BCUT2D eigenvalue weighted by atomic mass is 16.1. The molecule has 0 aliphatic heterocycles. The molecule has 0 amide bonds. The average Bonchev–Trinajstić information content (AvgIpc) is 2.02. The lowest BCUT2D eigenvalue weighted by molar-refractivity contribution is -0.115. The number of carbonyl (C=O) groups is 1. The molecule has 0 atom stereocenters. The first kappa shape index (κ1) is 11.0. The maximum Gasteiger partial charge on any atom is 0.163 e. The molecule has 14 heavy (non-hydrogen) atoms. The zero-order valence-electron chi connectivity index (χ0n) is 9.26. The summed E-state index contributed by atoms with van der Waals surface area (Å²) in [7, 11) is 0. The third kappa shape index (κ3) is 2.03. The van der Waals surface area contributed by atoms with E-state index in [1.165, 1.54) is 0 Å². The Bertz CT molecular complexity index is 316. The predicted octanol–water partition coefficient (Wildman–Crippen LogP) is 3.43. The lowest BCUT2D eigenvalue weighted by Gasteiger charge is -2.30. The molecular formula is C13H18O.